The summed E-state index contributed by atoms with van der Waals surface area (Å²) in [5, 5.41) is 1.08. The summed E-state index contributed by atoms with van der Waals surface area (Å²) >= 11 is 0. The van der Waals surface area contributed by atoms with Crippen LogP contribution in [0.4, 0.5) is 0 Å². The van der Waals surface area contributed by atoms with Gasteiger partial charge in [-0.25, -0.2) is 4.79 Å². The summed E-state index contributed by atoms with van der Waals surface area (Å²) in [4.78, 5) is 18.8. The van der Waals surface area contributed by atoms with Crippen molar-refractivity contribution in [3.63, 3.8) is 0 Å². The Bertz CT molecular complexity index is 669. The molecular formula is C16H21N3O. The van der Waals surface area contributed by atoms with Gasteiger partial charge in [-0.1, -0.05) is 18.2 Å². The molecule has 20 heavy (non-hydrogen) atoms. The number of piperidine rings is 1. The van der Waals surface area contributed by atoms with E-state index in [1.54, 1.807) is 0 Å². The van der Waals surface area contributed by atoms with E-state index in [0.29, 0.717) is 5.92 Å². The van der Waals surface area contributed by atoms with E-state index in [9.17, 15) is 4.79 Å². The fourth-order valence-electron chi connectivity index (χ4n) is 3.06. The quantitative estimate of drug-likeness (QED) is 0.839. The predicted molar refractivity (Wildman–Crippen MR) is 81.0 cm³/mol. The van der Waals surface area contributed by atoms with Gasteiger partial charge in [0.15, 0.2) is 0 Å². The third-order valence-corrected chi connectivity index (χ3v) is 4.36. The molecule has 0 unspecified atom stereocenters. The van der Waals surface area contributed by atoms with Gasteiger partial charge in [-0.05, 0) is 51.9 Å². The van der Waals surface area contributed by atoms with E-state index in [4.69, 9.17) is 0 Å². The lowest BCUT2D eigenvalue weighted by Gasteiger charge is -2.29. The van der Waals surface area contributed by atoms with Crippen molar-refractivity contribution in [2.75, 3.05) is 20.1 Å². The summed E-state index contributed by atoms with van der Waals surface area (Å²) in [7, 11) is 2.16. The first-order valence-corrected chi connectivity index (χ1v) is 7.30. The zero-order chi connectivity index (χ0) is 14.1. The largest absolute Gasteiger partial charge is 0.348 e. The van der Waals surface area contributed by atoms with Crippen molar-refractivity contribution in [3.8, 4) is 0 Å². The molecule has 0 spiro atoms. The maximum absolute atomic E-state index is 12.2. The second kappa shape index (κ2) is 5.37. The van der Waals surface area contributed by atoms with Gasteiger partial charge in [0.25, 0.3) is 0 Å². The van der Waals surface area contributed by atoms with E-state index in [0.717, 1.165) is 49.1 Å². The molecule has 1 fully saturated rings. The van der Waals surface area contributed by atoms with Crippen LogP contribution in [-0.4, -0.2) is 34.6 Å². The summed E-state index contributed by atoms with van der Waals surface area (Å²) in [6, 6.07) is 8.07. The second-order valence-electron chi connectivity index (χ2n) is 5.85. The van der Waals surface area contributed by atoms with E-state index < -0.39 is 0 Å². The number of aryl methyl sites for hydroxylation is 1. The van der Waals surface area contributed by atoms with Gasteiger partial charge in [-0.3, -0.25) is 4.57 Å². The highest BCUT2D eigenvalue weighted by Crippen LogP contribution is 2.20. The molecule has 2 heterocycles. The molecule has 1 aliphatic heterocycles. The van der Waals surface area contributed by atoms with Crippen LogP contribution in [0, 0.1) is 12.8 Å². The molecule has 1 saturated heterocycles. The van der Waals surface area contributed by atoms with Gasteiger partial charge < -0.3 is 4.90 Å². The molecule has 0 N–H and O–H groups in total. The minimum Gasteiger partial charge on any atom is -0.306 e. The number of aromatic nitrogens is 2. The Balaban J connectivity index is 1.97. The number of hydrogen-bond donors (Lipinski definition) is 0. The standard InChI is InChI=1S/C16H21N3O/c1-12-14-5-3-4-6-15(14)19(16(20)17-12)11-13-7-9-18(2)10-8-13/h3-6,13H,7-11H2,1-2H3. The maximum atomic E-state index is 12.2. The molecule has 3 rings (SSSR count). The van der Waals surface area contributed by atoms with E-state index >= 15 is 0 Å². The minimum absolute atomic E-state index is 0.111. The molecule has 4 nitrogen and oxygen atoms in total. The lowest BCUT2D eigenvalue weighted by atomic mass is 9.97. The molecule has 1 aromatic carbocycles. The first-order chi connectivity index (χ1) is 9.65. The third-order valence-electron chi connectivity index (χ3n) is 4.36. The van der Waals surface area contributed by atoms with Crippen molar-refractivity contribution in [1.82, 2.24) is 14.5 Å². The van der Waals surface area contributed by atoms with E-state index in [2.05, 4.69) is 16.9 Å². The van der Waals surface area contributed by atoms with Crippen LogP contribution in [0.25, 0.3) is 10.9 Å². The Labute approximate surface area is 119 Å². The summed E-state index contributed by atoms with van der Waals surface area (Å²) in [5.74, 6) is 0.580. The number of likely N-dealkylation sites (tertiary alicyclic amines) is 1. The van der Waals surface area contributed by atoms with Gasteiger partial charge in [0.2, 0.25) is 0 Å². The van der Waals surface area contributed by atoms with Crippen molar-refractivity contribution in [1.29, 1.82) is 0 Å². The Morgan fingerprint density at radius 3 is 2.70 bits per heavy atom. The van der Waals surface area contributed by atoms with Crippen molar-refractivity contribution in [2.24, 2.45) is 5.92 Å². The Morgan fingerprint density at radius 2 is 1.95 bits per heavy atom. The summed E-state index contributed by atoms with van der Waals surface area (Å²) in [6.45, 7) is 4.94. The number of rotatable bonds is 2. The molecule has 1 aromatic heterocycles. The van der Waals surface area contributed by atoms with Gasteiger partial charge in [0.1, 0.15) is 0 Å². The summed E-state index contributed by atoms with van der Waals surface area (Å²) in [5.41, 5.74) is 1.73. The summed E-state index contributed by atoms with van der Waals surface area (Å²) in [6.07, 6.45) is 2.32. The molecule has 1 aliphatic rings. The van der Waals surface area contributed by atoms with Crippen LogP contribution < -0.4 is 5.69 Å². The van der Waals surface area contributed by atoms with Crippen LogP contribution in [0.2, 0.25) is 0 Å². The highest BCUT2D eigenvalue weighted by molar-refractivity contribution is 5.80. The molecule has 2 aromatic rings. The Kier molecular flexibility index (Phi) is 3.57. The minimum atomic E-state index is -0.111. The second-order valence-corrected chi connectivity index (χ2v) is 5.85. The van der Waals surface area contributed by atoms with Crippen molar-refractivity contribution < 1.29 is 0 Å². The Morgan fingerprint density at radius 1 is 1.25 bits per heavy atom. The van der Waals surface area contributed by atoms with Crippen LogP contribution in [0.5, 0.6) is 0 Å². The first-order valence-electron chi connectivity index (χ1n) is 7.30. The van der Waals surface area contributed by atoms with E-state index in [-0.39, 0.29) is 5.69 Å². The summed E-state index contributed by atoms with van der Waals surface area (Å²) < 4.78 is 1.86. The molecule has 0 saturated carbocycles. The van der Waals surface area contributed by atoms with Crippen LogP contribution in [-0.2, 0) is 6.54 Å². The van der Waals surface area contributed by atoms with Crippen molar-refractivity contribution in [3.05, 3.63) is 40.4 Å². The highest BCUT2D eigenvalue weighted by Gasteiger charge is 2.18. The molecule has 0 bridgehead atoms. The third kappa shape index (κ3) is 2.48. The van der Waals surface area contributed by atoms with Gasteiger partial charge >= 0.3 is 5.69 Å². The van der Waals surface area contributed by atoms with Crippen LogP contribution in [0.1, 0.15) is 18.5 Å². The molecule has 0 amide bonds. The number of fused-ring (bicyclic) bond motifs is 1. The molecule has 0 aliphatic carbocycles. The topological polar surface area (TPSA) is 38.1 Å². The highest BCUT2D eigenvalue weighted by atomic mass is 16.1. The first kappa shape index (κ1) is 13.3. The number of hydrogen-bond acceptors (Lipinski definition) is 3. The van der Waals surface area contributed by atoms with E-state index in [1.165, 1.54) is 0 Å². The van der Waals surface area contributed by atoms with Gasteiger partial charge in [0, 0.05) is 11.9 Å². The fraction of sp³-hybridized carbons (Fsp3) is 0.500. The molecule has 0 radical (unpaired) electrons. The number of nitrogens with zero attached hydrogens (tertiary/aromatic N) is 3. The van der Waals surface area contributed by atoms with Gasteiger partial charge in [0.05, 0.1) is 11.2 Å². The Hall–Kier alpha value is -1.68. The van der Waals surface area contributed by atoms with Gasteiger partial charge in [-0.2, -0.15) is 4.98 Å². The number of benzene rings is 1. The lowest BCUT2D eigenvalue weighted by molar-refractivity contribution is 0.205. The normalized spacial score (nSPS) is 17.7. The lowest BCUT2D eigenvalue weighted by Crippen LogP contribution is -2.34. The average Bonchev–Trinajstić information content (AvgIpc) is 2.45. The smallest absolute Gasteiger partial charge is 0.306 e. The fourth-order valence-corrected chi connectivity index (χ4v) is 3.06. The maximum Gasteiger partial charge on any atom is 0.348 e. The molecule has 106 valence electrons. The zero-order valence-corrected chi connectivity index (χ0v) is 12.2. The molecule has 4 heteroatoms. The average molecular weight is 271 g/mol. The van der Waals surface area contributed by atoms with Gasteiger partial charge in [-0.15, -0.1) is 0 Å². The van der Waals surface area contributed by atoms with Crippen LogP contribution >= 0.6 is 0 Å². The molecular weight excluding hydrogens is 250 g/mol. The monoisotopic (exact) mass is 271 g/mol. The SMILES string of the molecule is Cc1nc(=O)n(CC2CCN(C)CC2)c2ccccc12. The van der Waals surface area contributed by atoms with Crippen molar-refractivity contribution in [2.45, 2.75) is 26.3 Å². The van der Waals surface area contributed by atoms with Crippen molar-refractivity contribution >= 4 is 10.9 Å². The number of para-hydroxylation sites is 1. The predicted octanol–water partition coefficient (Wildman–Crippen LogP) is 2.05. The van der Waals surface area contributed by atoms with Crippen LogP contribution in [0.3, 0.4) is 0 Å². The van der Waals surface area contributed by atoms with Crippen LogP contribution in [0.15, 0.2) is 29.1 Å². The molecule has 0 atom stereocenters. The van der Waals surface area contributed by atoms with E-state index in [1.807, 2.05) is 35.8 Å². The zero-order valence-electron chi connectivity index (χ0n) is 12.2.